The number of carbonyl (C=O) groups excluding carboxylic acids is 1. The Hall–Kier alpha value is -1.01. The number of aliphatic hydroxyl groups excluding tert-OH is 1. The molecule has 4 nitrogen and oxygen atoms in total. The molecule has 0 amide bonds. The summed E-state index contributed by atoms with van der Waals surface area (Å²) in [6, 6.07) is 5.62. The standard InChI is InChI=1S/C18H21Cl2NO3S/c1-24-21-14(11-22)9-13-3-2-12(8-18(13)23)6-7-25-15-4-5-16(19)17(20)10-15/h3-5,10,12,22H,2,6-9,11H2,1H3. The summed E-state index contributed by atoms with van der Waals surface area (Å²) >= 11 is 13.6. The van der Waals surface area contributed by atoms with E-state index in [-0.39, 0.29) is 12.4 Å². The Bertz CT molecular complexity index is 676. The molecule has 1 atom stereocenters. The SMILES string of the molecule is CON=C(CO)CC1=CCC(CCSc2ccc(Cl)c(Cl)c2)CC1=O. The summed E-state index contributed by atoms with van der Waals surface area (Å²) in [6.07, 6.45) is 4.70. The van der Waals surface area contributed by atoms with Crippen molar-refractivity contribution >= 4 is 46.5 Å². The first-order valence-corrected chi connectivity index (χ1v) is 9.77. The van der Waals surface area contributed by atoms with Crippen LogP contribution in [0.1, 0.15) is 25.7 Å². The van der Waals surface area contributed by atoms with Gasteiger partial charge in [0.05, 0.1) is 22.4 Å². The maximum absolute atomic E-state index is 12.3. The fraction of sp³-hybridized carbons (Fsp3) is 0.444. The molecule has 136 valence electrons. The van der Waals surface area contributed by atoms with Gasteiger partial charge in [0.1, 0.15) is 7.11 Å². The van der Waals surface area contributed by atoms with Crippen LogP contribution in [-0.2, 0) is 9.63 Å². The lowest BCUT2D eigenvalue weighted by molar-refractivity contribution is -0.116. The lowest BCUT2D eigenvalue weighted by atomic mass is 9.85. The van der Waals surface area contributed by atoms with E-state index in [9.17, 15) is 9.90 Å². The summed E-state index contributed by atoms with van der Waals surface area (Å²) < 4.78 is 0. The molecule has 0 saturated heterocycles. The molecule has 7 heteroatoms. The Morgan fingerprint density at radius 2 is 2.20 bits per heavy atom. The number of nitrogens with zero attached hydrogens (tertiary/aromatic N) is 1. The second-order valence-corrected chi connectivity index (χ2v) is 7.83. The van der Waals surface area contributed by atoms with Crippen molar-refractivity contribution in [2.45, 2.75) is 30.6 Å². The number of allylic oxidation sites excluding steroid dienone is 2. The highest BCUT2D eigenvalue weighted by atomic mass is 35.5. The van der Waals surface area contributed by atoms with Crippen molar-refractivity contribution in [1.82, 2.24) is 0 Å². The second kappa shape index (κ2) is 10.2. The van der Waals surface area contributed by atoms with Gasteiger partial charge in [-0.1, -0.05) is 34.4 Å². The maximum atomic E-state index is 12.3. The minimum Gasteiger partial charge on any atom is -0.399 e. The minimum atomic E-state index is -0.206. The van der Waals surface area contributed by atoms with Crippen LogP contribution >= 0.6 is 35.0 Å². The molecule has 2 rings (SSSR count). The van der Waals surface area contributed by atoms with Crippen LogP contribution in [0.15, 0.2) is 39.9 Å². The van der Waals surface area contributed by atoms with Crippen LogP contribution in [0.25, 0.3) is 0 Å². The first-order chi connectivity index (χ1) is 12.0. The Balaban J connectivity index is 1.82. The van der Waals surface area contributed by atoms with Crippen LogP contribution in [0.5, 0.6) is 0 Å². The third-order valence-electron chi connectivity index (χ3n) is 4.01. The van der Waals surface area contributed by atoms with Gasteiger partial charge in [-0.3, -0.25) is 4.79 Å². The van der Waals surface area contributed by atoms with E-state index in [1.807, 2.05) is 18.2 Å². The minimum absolute atomic E-state index is 0.132. The molecule has 1 aromatic carbocycles. The monoisotopic (exact) mass is 401 g/mol. The number of Topliss-reactive ketones (excluding diaryl/α,β-unsaturated/α-hetero) is 1. The normalized spacial score (nSPS) is 18.2. The third-order valence-corrected chi connectivity index (χ3v) is 5.78. The number of carbonyl (C=O) groups is 1. The quantitative estimate of drug-likeness (QED) is 0.387. The number of thioether (sulfide) groups is 1. The van der Waals surface area contributed by atoms with Gasteiger partial charge in [-0.15, -0.1) is 11.8 Å². The molecule has 1 aliphatic rings. The predicted molar refractivity (Wildman–Crippen MR) is 104 cm³/mol. The molecule has 1 unspecified atom stereocenters. The van der Waals surface area contributed by atoms with Crippen molar-refractivity contribution in [2.75, 3.05) is 19.5 Å². The molecule has 0 fully saturated rings. The number of rotatable bonds is 8. The van der Waals surface area contributed by atoms with E-state index in [1.165, 1.54) is 7.11 Å². The Morgan fingerprint density at radius 3 is 2.84 bits per heavy atom. The number of aliphatic hydroxyl groups is 1. The average molecular weight is 402 g/mol. The van der Waals surface area contributed by atoms with E-state index in [4.69, 9.17) is 23.2 Å². The van der Waals surface area contributed by atoms with Gasteiger partial charge >= 0.3 is 0 Å². The molecule has 1 aromatic rings. The van der Waals surface area contributed by atoms with E-state index in [2.05, 4.69) is 9.99 Å². The molecule has 0 heterocycles. The summed E-state index contributed by atoms with van der Waals surface area (Å²) in [5, 5.41) is 14.1. The summed E-state index contributed by atoms with van der Waals surface area (Å²) in [5.74, 6) is 1.41. The van der Waals surface area contributed by atoms with Gasteiger partial charge in [0, 0.05) is 17.7 Å². The number of hydrogen-bond acceptors (Lipinski definition) is 5. The Kier molecular flexibility index (Phi) is 8.30. The van der Waals surface area contributed by atoms with Gasteiger partial charge in [0.25, 0.3) is 0 Å². The van der Waals surface area contributed by atoms with Gasteiger partial charge < -0.3 is 9.94 Å². The smallest absolute Gasteiger partial charge is 0.159 e. The highest BCUT2D eigenvalue weighted by molar-refractivity contribution is 7.99. The number of halogens is 2. The second-order valence-electron chi connectivity index (χ2n) is 5.85. The van der Waals surface area contributed by atoms with E-state index >= 15 is 0 Å². The predicted octanol–water partition coefficient (Wildman–Crippen LogP) is 4.77. The first kappa shape index (κ1) is 20.3. The molecular weight excluding hydrogens is 381 g/mol. The molecule has 0 bridgehead atoms. The van der Waals surface area contributed by atoms with E-state index < -0.39 is 0 Å². The molecule has 0 saturated carbocycles. The largest absolute Gasteiger partial charge is 0.399 e. The number of ketones is 1. The number of benzene rings is 1. The lowest BCUT2D eigenvalue weighted by Gasteiger charge is -2.21. The van der Waals surface area contributed by atoms with Crippen LogP contribution in [0.2, 0.25) is 10.0 Å². The van der Waals surface area contributed by atoms with E-state index in [0.717, 1.165) is 29.1 Å². The molecular formula is C18H21Cl2NO3S. The first-order valence-electron chi connectivity index (χ1n) is 8.03. The molecule has 0 aromatic heterocycles. The molecule has 0 spiro atoms. The van der Waals surface area contributed by atoms with Crippen LogP contribution in [-0.4, -0.2) is 36.1 Å². The molecule has 0 radical (unpaired) electrons. The molecule has 1 N–H and O–H groups in total. The van der Waals surface area contributed by atoms with E-state index in [1.54, 1.807) is 17.8 Å². The summed E-state index contributed by atoms with van der Waals surface area (Å²) in [6.45, 7) is -0.206. The summed E-state index contributed by atoms with van der Waals surface area (Å²) in [5.41, 5.74) is 1.19. The number of hydrogen-bond donors (Lipinski definition) is 1. The zero-order valence-corrected chi connectivity index (χ0v) is 16.3. The van der Waals surface area contributed by atoms with Crippen LogP contribution < -0.4 is 0 Å². The zero-order valence-electron chi connectivity index (χ0n) is 14.0. The Morgan fingerprint density at radius 1 is 1.40 bits per heavy atom. The van der Waals surface area contributed by atoms with Crippen LogP contribution in [0.3, 0.4) is 0 Å². The highest BCUT2D eigenvalue weighted by Gasteiger charge is 2.22. The summed E-state index contributed by atoms with van der Waals surface area (Å²) in [4.78, 5) is 18.0. The zero-order chi connectivity index (χ0) is 18.2. The van der Waals surface area contributed by atoms with Crippen molar-refractivity contribution in [3.8, 4) is 0 Å². The van der Waals surface area contributed by atoms with Gasteiger partial charge in [-0.25, -0.2) is 0 Å². The molecule has 0 aliphatic heterocycles. The lowest BCUT2D eigenvalue weighted by Crippen LogP contribution is -2.19. The Labute approximate surface area is 162 Å². The topological polar surface area (TPSA) is 58.9 Å². The van der Waals surface area contributed by atoms with Crippen molar-refractivity contribution in [2.24, 2.45) is 11.1 Å². The van der Waals surface area contributed by atoms with Crippen molar-refractivity contribution in [3.63, 3.8) is 0 Å². The third kappa shape index (κ3) is 6.33. The molecule has 25 heavy (non-hydrogen) atoms. The van der Waals surface area contributed by atoms with Crippen LogP contribution in [0, 0.1) is 5.92 Å². The maximum Gasteiger partial charge on any atom is 0.159 e. The number of oxime groups is 1. The van der Waals surface area contributed by atoms with Crippen LogP contribution in [0.4, 0.5) is 0 Å². The highest BCUT2D eigenvalue weighted by Crippen LogP contribution is 2.31. The average Bonchev–Trinajstić information content (AvgIpc) is 2.59. The van der Waals surface area contributed by atoms with Crippen molar-refractivity contribution in [3.05, 3.63) is 39.9 Å². The fourth-order valence-electron chi connectivity index (χ4n) is 2.67. The fourth-order valence-corrected chi connectivity index (χ4v) is 4.08. The summed E-state index contributed by atoms with van der Waals surface area (Å²) in [7, 11) is 1.42. The van der Waals surface area contributed by atoms with Gasteiger partial charge in [0.15, 0.2) is 5.78 Å². The van der Waals surface area contributed by atoms with Gasteiger partial charge in [0.2, 0.25) is 0 Å². The molecule has 1 aliphatic carbocycles. The van der Waals surface area contributed by atoms with Crippen molar-refractivity contribution in [1.29, 1.82) is 0 Å². The van der Waals surface area contributed by atoms with E-state index in [0.29, 0.717) is 34.5 Å². The van der Waals surface area contributed by atoms with Gasteiger partial charge in [-0.2, -0.15) is 0 Å². The van der Waals surface area contributed by atoms with Gasteiger partial charge in [-0.05, 0) is 48.3 Å². The van der Waals surface area contributed by atoms with Crippen molar-refractivity contribution < 1.29 is 14.7 Å².